The zero-order chi connectivity index (χ0) is 31.0. The lowest BCUT2D eigenvalue weighted by Gasteiger charge is -2.33. The number of ether oxygens (including phenoxy) is 1. The van der Waals surface area contributed by atoms with Gasteiger partial charge in [-0.2, -0.15) is 0 Å². The fourth-order valence-corrected chi connectivity index (χ4v) is 6.93. The number of nitrogens with zero attached hydrogens (tertiary/aromatic N) is 2. The van der Waals surface area contributed by atoms with Gasteiger partial charge in [-0.05, 0) is 80.8 Å². The molecule has 1 aliphatic carbocycles. The normalized spacial score (nSPS) is 14.5. The molecule has 11 heteroatoms. The van der Waals surface area contributed by atoms with Gasteiger partial charge in [-0.25, -0.2) is 8.42 Å². The van der Waals surface area contributed by atoms with Crippen LogP contribution in [0.4, 0.5) is 5.69 Å². The molecular weight excluding hydrogens is 609 g/mol. The summed E-state index contributed by atoms with van der Waals surface area (Å²) in [7, 11) is -4.26. The van der Waals surface area contributed by atoms with Crippen molar-refractivity contribution < 1.29 is 22.7 Å². The van der Waals surface area contributed by atoms with E-state index in [2.05, 4.69) is 5.32 Å². The van der Waals surface area contributed by atoms with Crippen LogP contribution in [0, 0.1) is 0 Å². The van der Waals surface area contributed by atoms with Gasteiger partial charge in [0.2, 0.25) is 11.8 Å². The average molecular weight is 647 g/mol. The fourth-order valence-electron chi connectivity index (χ4n) is 5.17. The third kappa shape index (κ3) is 8.43. The number of hydrogen-bond donors (Lipinski definition) is 1. The SMILES string of the molecule is CCOc1ccccc1N(CC(=O)N(Cc1cccc(Cl)c1)C(C)C(=O)NC1CCCCC1)S(=O)(=O)c1ccc(Cl)cc1. The summed E-state index contributed by atoms with van der Waals surface area (Å²) in [4.78, 5) is 29.0. The lowest BCUT2D eigenvalue weighted by atomic mass is 9.95. The predicted octanol–water partition coefficient (Wildman–Crippen LogP) is 6.45. The van der Waals surface area contributed by atoms with Crippen LogP contribution in [-0.4, -0.2) is 50.4 Å². The van der Waals surface area contributed by atoms with Crippen LogP contribution in [0.25, 0.3) is 0 Å². The smallest absolute Gasteiger partial charge is 0.264 e. The van der Waals surface area contributed by atoms with E-state index in [1.54, 1.807) is 56.3 Å². The highest BCUT2D eigenvalue weighted by atomic mass is 35.5. The highest BCUT2D eigenvalue weighted by Crippen LogP contribution is 2.33. The molecule has 1 saturated carbocycles. The van der Waals surface area contributed by atoms with Gasteiger partial charge in [-0.3, -0.25) is 13.9 Å². The van der Waals surface area contributed by atoms with E-state index in [1.807, 2.05) is 6.07 Å². The van der Waals surface area contributed by atoms with Gasteiger partial charge in [0.05, 0.1) is 17.2 Å². The van der Waals surface area contributed by atoms with Crippen LogP contribution in [-0.2, 0) is 26.2 Å². The maximum absolute atomic E-state index is 14.2. The van der Waals surface area contributed by atoms with Crippen molar-refractivity contribution in [2.24, 2.45) is 0 Å². The molecule has 1 N–H and O–H groups in total. The summed E-state index contributed by atoms with van der Waals surface area (Å²) < 4.78 is 35.0. The molecular formula is C32H37Cl2N3O5S. The molecule has 2 amide bonds. The van der Waals surface area contributed by atoms with Gasteiger partial charge >= 0.3 is 0 Å². The van der Waals surface area contributed by atoms with Crippen molar-refractivity contribution >= 4 is 50.7 Å². The number of carbonyl (C=O) groups is 2. The summed E-state index contributed by atoms with van der Waals surface area (Å²) in [5, 5.41) is 3.96. The lowest BCUT2D eigenvalue weighted by Crippen LogP contribution is -2.53. The summed E-state index contributed by atoms with van der Waals surface area (Å²) in [5.74, 6) is -0.543. The van der Waals surface area contributed by atoms with Crippen LogP contribution in [0.15, 0.2) is 77.7 Å². The minimum absolute atomic E-state index is 0.0412. The van der Waals surface area contributed by atoms with E-state index in [0.717, 1.165) is 36.4 Å². The second kappa shape index (κ2) is 14.9. The third-order valence-corrected chi connectivity index (χ3v) is 9.74. The molecule has 1 atom stereocenters. The first-order valence-electron chi connectivity index (χ1n) is 14.4. The summed E-state index contributed by atoms with van der Waals surface area (Å²) in [6, 6.07) is 18.6. The molecule has 1 fully saturated rings. The Bertz CT molecular complexity index is 1510. The van der Waals surface area contributed by atoms with Crippen molar-refractivity contribution in [1.29, 1.82) is 0 Å². The largest absolute Gasteiger partial charge is 0.492 e. The summed E-state index contributed by atoms with van der Waals surface area (Å²) in [6.07, 6.45) is 5.01. The van der Waals surface area contributed by atoms with Gasteiger partial charge in [0.1, 0.15) is 18.3 Å². The Kier molecular flexibility index (Phi) is 11.3. The maximum atomic E-state index is 14.2. The van der Waals surface area contributed by atoms with Crippen molar-refractivity contribution in [2.45, 2.75) is 69.5 Å². The molecule has 1 unspecified atom stereocenters. The molecule has 0 radical (unpaired) electrons. The number of nitrogens with one attached hydrogen (secondary N) is 1. The summed E-state index contributed by atoms with van der Waals surface area (Å²) in [6.45, 7) is 3.22. The first kappa shape index (κ1) is 32.6. The van der Waals surface area contributed by atoms with Crippen LogP contribution in [0.2, 0.25) is 10.0 Å². The van der Waals surface area contributed by atoms with Gasteiger partial charge in [0.25, 0.3) is 10.0 Å². The number of anilines is 1. The molecule has 8 nitrogen and oxygen atoms in total. The monoisotopic (exact) mass is 645 g/mol. The first-order chi connectivity index (χ1) is 20.6. The molecule has 0 heterocycles. The quantitative estimate of drug-likeness (QED) is 0.244. The van der Waals surface area contributed by atoms with Crippen LogP contribution >= 0.6 is 23.2 Å². The lowest BCUT2D eigenvalue weighted by molar-refractivity contribution is -0.139. The Labute approximate surface area is 264 Å². The maximum Gasteiger partial charge on any atom is 0.264 e. The molecule has 0 aliphatic heterocycles. The number of hydrogen-bond acceptors (Lipinski definition) is 5. The van der Waals surface area contributed by atoms with Gasteiger partial charge in [-0.1, -0.05) is 66.7 Å². The number of sulfonamides is 1. The van der Waals surface area contributed by atoms with E-state index in [0.29, 0.717) is 28.0 Å². The summed E-state index contributed by atoms with van der Waals surface area (Å²) in [5.41, 5.74) is 0.912. The number of rotatable bonds is 12. The Morgan fingerprint density at radius 2 is 1.65 bits per heavy atom. The van der Waals surface area contributed by atoms with E-state index >= 15 is 0 Å². The van der Waals surface area contributed by atoms with Crippen LogP contribution in [0.1, 0.15) is 51.5 Å². The Balaban J connectivity index is 1.72. The van der Waals surface area contributed by atoms with Gasteiger partial charge in [0, 0.05) is 22.6 Å². The number of halogens is 2. The minimum Gasteiger partial charge on any atom is -0.492 e. The van der Waals surface area contributed by atoms with Crippen molar-refractivity contribution in [3.05, 3.63) is 88.4 Å². The number of carbonyl (C=O) groups excluding carboxylic acids is 2. The Hall–Kier alpha value is -3.27. The highest BCUT2D eigenvalue weighted by molar-refractivity contribution is 7.92. The van der Waals surface area contributed by atoms with Crippen molar-refractivity contribution in [1.82, 2.24) is 10.2 Å². The van der Waals surface area contributed by atoms with Gasteiger partial charge in [-0.15, -0.1) is 0 Å². The second-order valence-corrected chi connectivity index (χ2v) is 13.3. The van der Waals surface area contributed by atoms with Crippen LogP contribution in [0.5, 0.6) is 5.75 Å². The van der Waals surface area contributed by atoms with Crippen LogP contribution < -0.4 is 14.4 Å². The zero-order valence-corrected chi connectivity index (χ0v) is 26.7. The molecule has 3 aromatic rings. The standard InChI is InChI=1S/C32H37Cl2N3O5S/c1-3-42-30-15-8-7-14-29(30)37(43(40,41)28-18-16-25(33)17-19-28)22-31(38)36(21-24-10-9-11-26(34)20-24)23(2)32(39)35-27-12-5-4-6-13-27/h7-11,14-20,23,27H,3-6,12-13,21-22H2,1-2H3,(H,35,39). The molecule has 4 rings (SSSR count). The van der Waals surface area contributed by atoms with Gasteiger partial charge < -0.3 is 15.0 Å². The van der Waals surface area contributed by atoms with E-state index in [-0.39, 0.29) is 29.1 Å². The zero-order valence-electron chi connectivity index (χ0n) is 24.3. The van der Waals surface area contributed by atoms with E-state index in [1.165, 1.54) is 29.2 Å². The molecule has 43 heavy (non-hydrogen) atoms. The van der Waals surface area contributed by atoms with E-state index < -0.39 is 28.5 Å². The first-order valence-corrected chi connectivity index (χ1v) is 16.6. The molecule has 1 aliphatic rings. The topological polar surface area (TPSA) is 96.0 Å². The van der Waals surface area contributed by atoms with Crippen molar-refractivity contribution in [3.63, 3.8) is 0 Å². The predicted molar refractivity (Wildman–Crippen MR) is 170 cm³/mol. The molecule has 0 aromatic heterocycles. The average Bonchev–Trinajstić information content (AvgIpc) is 2.99. The Morgan fingerprint density at radius 1 is 0.953 bits per heavy atom. The highest BCUT2D eigenvalue weighted by Gasteiger charge is 2.34. The minimum atomic E-state index is -4.26. The Morgan fingerprint density at radius 3 is 2.33 bits per heavy atom. The van der Waals surface area contributed by atoms with Crippen molar-refractivity contribution in [2.75, 3.05) is 17.5 Å². The number of amides is 2. The molecule has 3 aromatic carbocycles. The second-order valence-electron chi connectivity index (χ2n) is 10.5. The molecule has 0 saturated heterocycles. The van der Waals surface area contributed by atoms with Gasteiger partial charge in [0.15, 0.2) is 0 Å². The molecule has 0 spiro atoms. The third-order valence-electron chi connectivity index (χ3n) is 7.48. The number of para-hydroxylation sites is 2. The van der Waals surface area contributed by atoms with Crippen LogP contribution in [0.3, 0.4) is 0 Å². The van der Waals surface area contributed by atoms with Crippen molar-refractivity contribution in [3.8, 4) is 5.75 Å². The van der Waals surface area contributed by atoms with E-state index in [4.69, 9.17) is 27.9 Å². The summed E-state index contributed by atoms with van der Waals surface area (Å²) >= 11 is 12.3. The molecule has 0 bridgehead atoms. The molecule has 230 valence electrons. The fraction of sp³-hybridized carbons (Fsp3) is 0.375. The number of benzene rings is 3. The van der Waals surface area contributed by atoms with E-state index in [9.17, 15) is 18.0 Å².